The van der Waals surface area contributed by atoms with Crippen molar-refractivity contribution < 1.29 is 13.9 Å². The third kappa shape index (κ3) is 4.35. The van der Waals surface area contributed by atoms with Crippen LogP contribution in [0.4, 0.5) is 10.7 Å². The molecule has 0 bridgehead atoms. The van der Waals surface area contributed by atoms with Crippen LogP contribution in [0.1, 0.15) is 37.9 Å². The molecule has 0 saturated carbocycles. The lowest BCUT2D eigenvalue weighted by atomic mass is 10.1. The van der Waals surface area contributed by atoms with Gasteiger partial charge in [0.05, 0.1) is 0 Å². The minimum atomic E-state index is -0.689. The maximum absolute atomic E-state index is 11.7. The number of rotatable bonds is 3. The van der Waals surface area contributed by atoms with Gasteiger partial charge in [-0.25, -0.2) is 9.78 Å². The first-order chi connectivity index (χ1) is 10.4. The zero-order valence-corrected chi connectivity index (χ0v) is 12.7. The van der Waals surface area contributed by atoms with Gasteiger partial charge in [0.25, 0.3) is 0 Å². The largest absolute Gasteiger partial charge is 0.444 e. The summed E-state index contributed by atoms with van der Waals surface area (Å²) in [6.45, 7) is 5.25. The van der Waals surface area contributed by atoms with Crippen LogP contribution in [0, 0.1) is 11.3 Å². The first kappa shape index (κ1) is 15.6. The van der Waals surface area contributed by atoms with Crippen molar-refractivity contribution in [1.82, 2.24) is 4.98 Å². The Morgan fingerprint density at radius 1 is 1.36 bits per heavy atom. The molecular weight excluding hydrogens is 282 g/mol. The van der Waals surface area contributed by atoms with E-state index in [1.54, 1.807) is 20.8 Å². The topological polar surface area (TPSA) is 88.2 Å². The minimum absolute atomic E-state index is 0.00248. The second kappa shape index (κ2) is 6.31. The molecule has 22 heavy (non-hydrogen) atoms. The Morgan fingerprint density at radius 3 is 2.64 bits per heavy atom. The second-order valence-electron chi connectivity index (χ2n) is 5.69. The van der Waals surface area contributed by atoms with E-state index in [1.807, 2.05) is 36.4 Å². The molecule has 2 rings (SSSR count). The van der Waals surface area contributed by atoms with Crippen molar-refractivity contribution >= 4 is 12.0 Å². The number of hydrogen-bond acceptors (Lipinski definition) is 5. The highest BCUT2D eigenvalue weighted by Gasteiger charge is 2.20. The van der Waals surface area contributed by atoms with E-state index in [0.29, 0.717) is 12.3 Å². The molecular formula is C16H17N3O3. The number of nitrogens with one attached hydrogen (secondary N) is 1. The van der Waals surface area contributed by atoms with Crippen LogP contribution in [0.25, 0.3) is 0 Å². The fraction of sp³-hybridized carbons (Fsp3) is 0.312. The number of benzene rings is 1. The van der Waals surface area contributed by atoms with Crippen LogP contribution in [0.3, 0.4) is 0 Å². The molecule has 1 amide bonds. The Kier molecular flexibility index (Phi) is 4.47. The van der Waals surface area contributed by atoms with Crippen molar-refractivity contribution in [1.29, 1.82) is 5.26 Å². The van der Waals surface area contributed by atoms with E-state index in [4.69, 9.17) is 14.4 Å². The van der Waals surface area contributed by atoms with Crippen molar-refractivity contribution in [3.05, 3.63) is 47.5 Å². The summed E-state index contributed by atoms with van der Waals surface area (Å²) in [5, 5.41) is 11.5. The van der Waals surface area contributed by atoms with Crippen LogP contribution in [-0.4, -0.2) is 16.7 Å². The SMILES string of the molecule is CC(C)(C)OC(=O)Nc1oc(Cc2ccccc2)nc1C#N. The number of hydrogen-bond donors (Lipinski definition) is 1. The van der Waals surface area contributed by atoms with Crippen molar-refractivity contribution in [3.63, 3.8) is 0 Å². The van der Waals surface area contributed by atoms with Crippen LogP contribution >= 0.6 is 0 Å². The standard InChI is InChI=1S/C16H17N3O3/c1-16(2,3)22-15(20)19-14-12(10-17)18-13(21-14)9-11-7-5-4-6-8-11/h4-8H,9H2,1-3H3,(H,19,20). The summed E-state index contributed by atoms with van der Waals surface area (Å²) < 4.78 is 10.6. The van der Waals surface area contributed by atoms with E-state index in [2.05, 4.69) is 10.3 Å². The quantitative estimate of drug-likeness (QED) is 0.937. The molecule has 6 heteroatoms. The molecule has 0 atom stereocenters. The van der Waals surface area contributed by atoms with Crippen molar-refractivity contribution in [2.75, 3.05) is 5.32 Å². The highest BCUT2D eigenvalue weighted by Crippen LogP contribution is 2.20. The summed E-state index contributed by atoms with van der Waals surface area (Å²) >= 11 is 0. The summed E-state index contributed by atoms with van der Waals surface area (Å²) in [6.07, 6.45) is -0.252. The highest BCUT2D eigenvalue weighted by molar-refractivity contribution is 5.84. The molecule has 6 nitrogen and oxygen atoms in total. The fourth-order valence-electron chi connectivity index (χ4n) is 1.77. The molecule has 2 aromatic rings. The summed E-state index contributed by atoms with van der Waals surface area (Å²) in [6, 6.07) is 11.5. The maximum atomic E-state index is 11.7. The fourth-order valence-corrected chi connectivity index (χ4v) is 1.77. The van der Waals surface area contributed by atoms with Crippen LogP contribution in [-0.2, 0) is 11.2 Å². The van der Waals surface area contributed by atoms with Crippen molar-refractivity contribution in [2.24, 2.45) is 0 Å². The predicted octanol–water partition coefficient (Wildman–Crippen LogP) is 3.48. The molecule has 0 saturated heterocycles. The van der Waals surface area contributed by atoms with Crippen LogP contribution in [0.2, 0.25) is 0 Å². The average molecular weight is 299 g/mol. The predicted molar refractivity (Wildman–Crippen MR) is 80.3 cm³/mol. The van der Waals surface area contributed by atoms with E-state index < -0.39 is 11.7 Å². The third-order valence-electron chi connectivity index (χ3n) is 2.59. The molecule has 0 aliphatic heterocycles. The third-order valence-corrected chi connectivity index (χ3v) is 2.59. The number of nitriles is 1. The van der Waals surface area contributed by atoms with E-state index in [1.165, 1.54) is 0 Å². The molecule has 1 N–H and O–H groups in total. The van der Waals surface area contributed by atoms with Gasteiger partial charge >= 0.3 is 6.09 Å². The molecule has 0 fully saturated rings. The zero-order chi connectivity index (χ0) is 16.2. The number of oxazole rings is 1. The number of anilines is 1. The molecule has 1 aromatic carbocycles. The van der Waals surface area contributed by atoms with E-state index in [-0.39, 0.29) is 11.6 Å². The van der Waals surface area contributed by atoms with Gasteiger partial charge in [-0.15, -0.1) is 0 Å². The Balaban J connectivity index is 2.12. The second-order valence-corrected chi connectivity index (χ2v) is 5.69. The Bertz CT molecular complexity index is 694. The molecule has 0 aliphatic carbocycles. The van der Waals surface area contributed by atoms with Gasteiger partial charge in [-0.2, -0.15) is 5.26 Å². The van der Waals surface area contributed by atoms with Gasteiger partial charge in [0.1, 0.15) is 11.7 Å². The smallest absolute Gasteiger partial charge is 0.414 e. The van der Waals surface area contributed by atoms with E-state index in [0.717, 1.165) is 5.56 Å². The summed E-state index contributed by atoms with van der Waals surface area (Å²) in [7, 11) is 0. The van der Waals surface area contributed by atoms with E-state index in [9.17, 15) is 4.79 Å². The molecule has 114 valence electrons. The maximum Gasteiger partial charge on any atom is 0.414 e. The summed E-state index contributed by atoms with van der Waals surface area (Å²) in [5.41, 5.74) is 0.387. The van der Waals surface area contributed by atoms with Crippen LogP contribution in [0.15, 0.2) is 34.7 Å². The molecule has 0 radical (unpaired) electrons. The number of nitrogens with zero attached hydrogens (tertiary/aromatic N) is 2. The Labute approximate surface area is 128 Å². The lowest BCUT2D eigenvalue weighted by Gasteiger charge is -2.18. The first-order valence-electron chi connectivity index (χ1n) is 6.81. The van der Waals surface area contributed by atoms with Gasteiger partial charge in [0.15, 0.2) is 0 Å². The van der Waals surface area contributed by atoms with Gasteiger partial charge < -0.3 is 9.15 Å². The molecule has 0 unspecified atom stereocenters. The van der Waals surface area contributed by atoms with Gasteiger partial charge in [-0.1, -0.05) is 30.3 Å². The monoisotopic (exact) mass is 299 g/mol. The molecule has 1 heterocycles. The van der Waals surface area contributed by atoms with Crippen molar-refractivity contribution in [3.8, 4) is 6.07 Å². The summed E-state index contributed by atoms with van der Waals surface area (Å²) in [4.78, 5) is 15.8. The van der Waals surface area contributed by atoms with Crippen LogP contribution in [0.5, 0.6) is 0 Å². The lowest BCUT2D eigenvalue weighted by molar-refractivity contribution is 0.0632. The van der Waals surface area contributed by atoms with Crippen molar-refractivity contribution in [2.45, 2.75) is 32.8 Å². The average Bonchev–Trinajstić information content (AvgIpc) is 2.79. The number of carbonyl (C=O) groups excluding carboxylic acids is 1. The Morgan fingerprint density at radius 2 is 2.05 bits per heavy atom. The van der Waals surface area contributed by atoms with Crippen LogP contribution < -0.4 is 5.32 Å². The Hall–Kier alpha value is -2.81. The lowest BCUT2D eigenvalue weighted by Crippen LogP contribution is -2.27. The molecule has 0 spiro atoms. The number of ether oxygens (including phenoxy) is 1. The zero-order valence-electron chi connectivity index (χ0n) is 12.7. The molecule has 1 aromatic heterocycles. The summed E-state index contributed by atoms with van der Waals surface area (Å²) in [5.74, 6) is 0.358. The van der Waals surface area contributed by atoms with Gasteiger partial charge in [0.2, 0.25) is 17.5 Å². The highest BCUT2D eigenvalue weighted by atomic mass is 16.6. The van der Waals surface area contributed by atoms with Gasteiger partial charge in [0, 0.05) is 6.42 Å². The van der Waals surface area contributed by atoms with Gasteiger partial charge in [-0.3, -0.25) is 5.32 Å². The van der Waals surface area contributed by atoms with E-state index >= 15 is 0 Å². The number of carbonyl (C=O) groups is 1. The molecule has 0 aliphatic rings. The minimum Gasteiger partial charge on any atom is -0.444 e. The number of aromatic nitrogens is 1. The first-order valence-corrected chi connectivity index (χ1v) is 6.81. The van der Waals surface area contributed by atoms with Gasteiger partial charge in [-0.05, 0) is 26.3 Å². The number of amides is 1. The normalized spacial score (nSPS) is 10.8.